The highest BCUT2D eigenvalue weighted by atomic mass is 32.1. The third-order valence-corrected chi connectivity index (χ3v) is 12.0. The molecule has 11 aromatic rings. The summed E-state index contributed by atoms with van der Waals surface area (Å²) >= 11 is 1.85. The Morgan fingerprint density at radius 3 is 1.91 bits per heavy atom. The lowest BCUT2D eigenvalue weighted by Crippen LogP contribution is -2.11. The predicted octanol–water partition coefficient (Wildman–Crippen LogP) is 15.6. The smallest absolute Gasteiger partial charge is 0.159 e. The zero-order valence-corrected chi connectivity index (χ0v) is 30.6. The molecule has 0 unspecified atom stereocenters. The number of furan rings is 1. The molecule has 0 atom stereocenters. The van der Waals surface area contributed by atoms with Gasteiger partial charge in [0.05, 0.1) is 11.4 Å². The third kappa shape index (κ3) is 5.32. The van der Waals surface area contributed by atoms with Gasteiger partial charge in [0.1, 0.15) is 5.58 Å². The van der Waals surface area contributed by atoms with Gasteiger partial charge in [0.15, 0.2) is 5.58 Å². The number of fused-ring (bicyclic) bond motifs is 7. The summed E-state index contributed by atoms with van der Waals surface area (Å²) in [6.45, 7) is 0. The van der Waals surface area contributed by atoms with Crippen molar-refractivity contribution < 1.29 is 4.42 Å². The summed E-state index contributed by atoms with van der Waals surface area (Å²) in [4.78, 5) is 2.37. The molecule has 0 fully saturated rings. The molecule has 0 aliphatic heterocycles. The lowest BCUT2D eigenvalue weighted by Gasteiger charge is -2.28. The van der Waals surface area contributed by atoms with E-state index in [-0.39, 0.29) is 0 Å². The van der Waals surface area contributed by atoms with Gasteiger partial charge in [-0.1, -0.05) is 152 Å². The van der Waals surface area contributed by atoms with Crippen molar-refractivity contribution in [3.63, 3.8) is 0 Å². The van der Waals surface area contributed by atoms with Gasteiger partial charge in [0, 0.05) is 42.2 Å². The molecular weight excluding hydrogens is 687 g/mol. The molecule has 55 heavy (non-hydrogen) atoms. The zero-order valence-electron chi connectivity index (χ0n) is 29.8. The average molecular weight is 720 g/mol. The van der Waals surface area contributed by atoms with Crippen LogP contribution in [-0.4, -0.2) is 0 Å². The number of hydrogen-bond acceptors (Lipinski definition) is 3. The maximum atomic E-state index is 6.68. The van der Waals surface area contributed by atoms with Crippen molar-refractivity contribution in [3.05, 3.63) is 200 Å². The van der Waals surface area contributed by atoms with E-state index in [0.29, 0.717) is 0 Å². The standard InChI is InChI=1S/C52H33NOS/c1-2-16-40-35(12-1)13-10-20-41(40)37-15-9-14-36(32-37)34-26-29-39(30-27-34)53(48-23-11-21-46-43-18-4-7-24-49(43)54-52(46)48)47-22-6-3-17-42(47)38-28-31-45-44-19-5-8-25-50(44)55-51(45)33-38/h1-33H. The Labute approximate surface area is 322 Å². The van der Waals surface area contributed by atoms with Crippen LogP contribution in [0.3, 0.4) is 0 Å². The molecule has 9 aromatic carbocycles. The minimum atomic E-state index is 0.866. The maximum absolute atomic E-state index is 6.68. The Bertz CT molecular complexity index is 3220. The van der Waals surface area contributed by atoms with Gasteiger partial charge in [-0.05, 0) is 87.1 Å². The summed E-state index contributed by atoms with van der Waals surface area (Å²) in [5.74, 6) is 0. The predicted molar refractivity (Wildman–Crippen MR) is 235 cm³/mol. The van der Waals surface area contributed by atoms with E-state index in [9.17, 15) is 0 Å². The minimum Gasteiger partial charge on any atom is -0.454 e. The summed E-state index contributed by atoms with van der Waals surface area (Å²) in [5.41, 5.74) is 12.0. The summed E-state index contributed by atoms with van der Waals surface area (Å²) in [6.07, 6.45) is 0. The van der Waals surface area contributed by atoms with Gasteiger partial charge in [-0.3, -0.25) is 0 Å². The molecule has 258 valence electrons. The van der Waals surface area contributed by atoms with Crippen molar-refractivity contribution >= 4 is 81.3 Å². The van der Waals surface area contributed by atoms with Gasteiger partial charge in [-0.15, -0.1) is 11.3 Å². The maximum Gasteiger partial charge on any atom is 0.159 e. The van der Waals surface area contributed by atoms with E-state index in [2.05, 4.69) is 199 Å². The molecular formula is C52H33NOS. The van der Waals surface area contributed by atoms with Gasteiger partial charge in [-0.2, -0.15) is 0 Å². The molecule has 3 heteroatoms. The molecule has 0 aliphatic carbocycles. The quantitative estimate of drug-likeness (QED) is 0.170. The third-order valence-electron chi connectivity index (χ3n) is 10.9. The zero-order chi connectivity index (χ0) is 36.3. The normalized spacial score (nSPS) is 11.6. The Balaban J connectivity index is 1.07. The van der Waals surface area contributed by atoms with E-state index in [1.54, 1.807) is 0 Å². The summed E-state index contributed by atoms with van der Waals surface area (Å²) in [7, 11) is 0. The SMILES string of the molecule is c1cc(-c2ccc(N(c3ccccc3-c3ccc4c(c3)sc3ccccc34)c3cccc4c3oc3ccccc34)cc2)cc(-c2cccc3ccccc23)c1. The number of para-hydroxylation sites is 3. The second-order valence-electron chi connectivity index (χ2n) is 14.1. The van der Waals surface area contributed by atoms with Crippen molar-refractivity contribution in [1.82, 2.24) is 0 Å². The molecule has 0 saturated heterocycles. The molecule has 0 aliphatic rings. The van der Waals surface area contributed by atoms with E-state index in [0.717, 1.165) is 50.1 Å². The molecule has 0 N–H and O–H groups in total. The lowest BCUT2D eigenvalue weighted by atomic mass is 9.95. The lowest BCUT2D eigenvalue weighted by molar-refractivity contribution is 0.669. The second kappa shape index (κ2) is 12.9. The van der Waals surface area contributed by atoms with Crippen molar-refractivity contribution in [2.24, 2.45) is 0 Å². The van der Waals surface area contributed by atoms with Gasteiger partial charge >= 0.3 is 0 Å². The first-order valence-electron chi connectivity index (χ1n) is 18.7. The fourth-order valence-electron chi connectivity index (χ4n) is 8.27. The van der Waals surface area contributed by atoms with Crippen LogP contribution in [0.25, 0.3) is 86.3 Å². The van der Waals surface area contributed by atoms with Crippen molar-refractivity contribution in [3.8, 4) is 33.4 Å². The van der Waals surface area contributed by atoms with Gasteiger partial charge < -0.3 is 9.32 Å². The second-order valence-corrected chi connectivity index (χ2v) is 15.2. The molecule has 2 nitrogen and oxygen atoms in total. The van der Waals surface area contributed by atoms with Crippen LogP contribution in [0.1, 0.15) is 0 Å². The van der Waals surface area contributed by atoms with Crippen LogP contribution in [0, 0.1) is 0 Å². The molecule has 11 rings (SSSR count). The van der Waals surface area contributed by atoms with Crippen LogP contribution in [0.15, 0.2) is 205 Å². The summed E-state index contributed by atoms with van der Waals surface area (Å²) < 4.78 is 9.28. The van der Waals surface area contributed by atoms with Crippen molar-refractivity contribution in [1.29, 1.82) is 0 Å². The number of hydrogen-bond donors (Lipinski definition) is 0. The van der Waals surface area contributed by atoms with E-state index in [1.165, 1.54) is 53.2 Å². The summed E-state index contributed by atoms with van der Waals surface area (Å²) in [6, 6.07) is 72.2. The molecule has 2 aromatic heterocycles. The van der Waals surface area contributed by atoms with Gasteiger partial charge in [-0.25, -0.2) is 0 Å². The molecule has 0 spiro atoms. The molecule has 0 bridgehead atoms. The van der Waals surface area contributed by atoms with Crippen LogP contribution >= 0.6 is 11.3 Å². The average Bonchev–Trinajstić information content (AvgIpc) is 3.83. The van der Waals surface area contributed by atoms with Crippen LogP contribution in [0.5, 0.6) is 0 Å². The highest BCUT2D eigenvalue weighted by Crippen LogP contribution is 2.46. The number of rotatable bonds is 6. The van der Waals surface area contributed by atoms with Crippen LogP contribution < -0.4 is 4.90 Å². The highest BCUT2D eigenvalue weighted by Gasteiger charge is 2.22. The van der Waals surface area contributed by atoms with Crippen LogP contribution in [0.2, 0.25) is 0 Å². The molecule has 0 saturated carbocycles. The highest BCUT2D eigenvalue weighted by molar-refractivity contribution is 7.25. The van der Waals surface area contributed by atoms with E-state index >= 15 is 0 Å². The first-order valence-corrected chi connectivity index (χ1v) is 19.5. The topological polar surface area (TPSA) is 16.4 Å². The first-order chi connectivity index (χ1) is 27.3. The number of benzene rings is 9. The van der Waals surface area contributed by atoms with E-state index in [1.807, 2.05) is 17.4 Å². The fourth-order valence-corrected chi connectivity index (χ4v) is 9.41. The first kappa shape index (κ1) is 31.6. The molecule has 0 amide bonds. The fraction of sp³-hybridized carbons (Fsp3) is 0. The number of thiophene rings is 1. The van der Waals surface area contributed by atoms with Crippen molar-refractivity contribution in [2.75, 3.05) is 4.90 Å². The van der Waals surface area contributed by atoms with Gasteiger partial charge in [0.25, 0.3) is 0 Å². The number of nitrogens with zero attached hydrogens (tertiary/aromatic N) is 1. The van der Waals surface area contributed by atoms with Crippen LogP contribution in [-0.2, 0) is 0 Å². The minimum absolute atomic E-state index is 0.866. The Morgan fingerprint density at radius 1 is 0.364 bits per heavy atom. The van der Waals surface area contributed by atoms with Crippen molar-refractivity contribution in [2.45, 2.75) is 0 Å². The summed E-state index contributed by atoms with van der Waals surface area (Å²) in [5, 5.41) is 7.33. The van der Waals surface area contributed by atoms with E-state index < -0.39 is 0 Å². The largest absolute Gasteiger partial charge is 0.454 e. The Kier molecular flexibility index (Phi) is 7.39. The monoisotopic (exact) mass is 719 g/mol. The number of anilines is 3. The van der Waals surface area contributed by atoms with E-state index in [4.69, 9.17) is 4.42 Å². The van der Waals surface area contributed by atoms with Crippen LogP contribution in [0.4, 0.5) is 17.1 Å². The Morgan fingerprint density at radius 2 is 0.982 bits per heavy atom. The Hall–Kier alpha value is -6.94. The molecule has 0 radical (unpaired) electrons. The van der Waals surface area contributed by atoms with Gasteiger partial charge in [0.2, 0.25) is 0 Å². The molecule has 2 heterocycles.